The van der Waals surface area contributed by atoms with Gasteiger partial charge in [-0.2, -0.15) is 0 Å². The predicted molar refractivity (Wildman–Crippen MR) is 234 cm³/mol. The van der Waals surface area contributed by atoms with Crippen molar-refractivity contribution in [3.8, 4) is 35.4 Å². The number of rotatable bonds is 10. The Labute approximate surface area is 354 Å². The molecule has 9 rings (SSSR count). The van der Waals surface area contributed by atoms with Gasteiger partial charge in [-0.05, 0) is 102 Å². The lowest BCUT2D eigenvalue weighted by Gasteiger charge is -2.39. The van der Waals surface area contributed by atoms with Crippen LogP contribution in [0.2, 0.25) is 0 Å². The average Bonchev–Trinajstić information content (AvgIpc) is 4.00. The van der Waals surface area contributed by atoms with Gasteiger partial charge < -0.3 is 35.6 Å². The number of benzene rings is 2. The average molecular weight is 807 g/mol. The zero-order chi connectivity index (χ0) is 41.4. The van der Waals surface area contributed by atoms with Crippen LogP contribution in [0.25, 0.3) is 6.08 Å². The van der Waals surface area contributed by atoms with Crippen LogP contribution in [0, 0.1) is 53.0 Å². The van der Waals surface area contributed by atoms with Gasteiger partial charge in [0.2, 0.25) is 0 Å². The number of unbranched alkanes of at least 4 members (excludes halogenated alkanes) is 2. The van der Waals surface area contributed by atoms with Gasteiger partial charge in [-0.25, -0.2) is 0 Å². The van der Waals surface area contributed by atoms with Crippen LogP contribution in [0.1, 0.15) is 125 Å². The molecule has 1 spiro atoms. The summed E-state index contributed by atoms with van der Waals surface area (Å²) in [5, 5.41) is 26.8. The predicted octanol–water partition coefficient (Wildman–Crippen LogP) is 7.95. The van der Waals surface area contributed by atoms with Crippen molar-refractivity contribution < 1.29 is 24.5 Å². The Bertz CT molecular complexity index is 2290. The summed E-state index contributed by atoms with van der Waals surface area (Å²) in [5.41, 5.74) is 13.7. The van der Waals surface area contributed by atoms with Crippen LogP contribution in [0.15, 0.2) is 77.2 Å². The van der Waals surface area contributed by atoms with E-state index in [0.717, 1.165) is 102 Å². The molecule has 5 N–H and O–H groups in total. The molecule has 2 aromatic rings. The molecule has 5 aliphatic heterocycles. The van der Waals surface area contributed by atoms with E-state index >= 15 is 0 Å². The maximum Gasteiger partial charge on any atom is 0.187 e. The molecule has 0 amide bonds. The first-order valence-electron chi connectivity index (χ1n) is 22.4. The van der Waals surface area contributed by atoms with Crippen LogP contribution < -0.4 is 20.5 Å². The van der Waals surface area contributed by atoms with Gasteiger partial charge in [0.05, 0.1) is 29.7 Å². The lowest BCUT2D eigenvalue weighted by atomic mass is 9.73. The molecule has 312 valence electrons. The highest BCUT2D eigenvalue weighted by atomic mass is 16.5. The summed E-state index contributed by atoms with van der Waals surface area (Å²) in [6.45, 7) is 4.91. The van der Waals surface area contributed by atoms with Crippen molar-refractivity contribution >= 4 is 17.6 Å². The van der Waals surface area contributed by atoms with E-state index in [1.165, 1.54) is 0 Å². The Morgan fingerprint density at radius 2 is 1.95 bits per heavy atom. The number of nitrogens with zero attached hydrogens (tertiary/aromatic N) is 2. The lowest BCUT2D eigenvalue weighted by molar-refractivity contribution is -0.127. The van der Waals surface area contributed by atoms with Crippen molar-refractivity contribution in [2.45, 2.75) is 122 Å². The molecule has 0 aromatic heterocycles. The van der Waals surface area contributed by atoms with Gasteiger partial charge in [-0.3, -0.25) is 9.79 Å². The molecule has 1 fully saturated rings. The maximum absolute atomic E-state index is 14.0. The molecule has 60 heavy (non-hydrogen) atoms. The van der Waals surface area contributed by atoms with Crippen LogP contribution in [0.3, 0.4) is 0 Å². The molecule has 0 radical (unpaired) electrons. The van der Waals surface area contributed by atoms with Gasteiger partial charge in [0, 0.05) is 42.7 Å². The number of hydrogen-bond donors (Lipinski definition) is 4. The van der Waals surface area contributed by atoms with Crippen molar-refractivity contribution in [3.05, 3.63) is 100 Å². The van der Waals surface area contributed by atoms with Gasteiger partial charge in [-0.15, -0.1) is 0 Å². The monoisotopic (exact) mass is 806 g/mol. The summed E-state index contributed by atoms with van der Waals surface area (Å²) in [7, 11) is 0. The number of aliphatic hydroxyl groups is 2. The third-order valence-electron chi connectivity index (χ3n) is 14.1. The first-order chi connectivity index (χ1) is 29.2. The fourth-order valence-corrected chi connectivity index (χ4v) is 10.5. The number of Topliss-reactive ketones (excluding diaryl/α,β-unsaturated/α-hetero) is 1. The van der Waals surface area contributed by atoms with E-state index in [-0.39, 0.29) is 23.8 Å². The second-order valence-corrected chi connectivity index (χ2v) is 18.0. The number of nitrogens with two attached hydrogens (primary N) is 1. The number of ether oxygens (including phenoxy) is 2. The molecule has 2 aromatic carbocycles. The van der Waals surface area contributed by atoms with E-state index in [0.29, 0.717) is 49.6 Å². The number of aliphatic imine (C=N–C) groups is 1. The highest BCUT2D eigenvalue weighted by molar-refractivity contribution is 6.09. The molecular formula is C51H58N4O5. The number of nitrogens with one attached hydrogen (secondary N) is 1. The second kappa shape index (κ2) is 17.1. The largest absolute Gasteiger partial charge is 0.465 e. The Morgan fingerprint density at radius 1 is 1.10 bits per heavy atom. The smallest absolute Gasteiger partial charge is 0.187 e. The summed E-state index contributed by atoms with van der Waals surface area (Å²) in [5.74, 6) is 11.4. The molecule has 2 bridgehead atoms. The third kappa shape index (κ3) is 7.84. The minimum absolute atomic E-state index is 0.0151. The molecule has 7 aliphatic rings. The van der Waals surface area contributed by atoms with Crippen molar-refractivity contribution in [1.82, 2.24) is 10.2 Å². The van der Waals surface area contributed by atoms with E-state index < -0.39 is 29.8 Å². The van der Waals surface area contributed by atoms with Crippen LogP contribution in [0.5, 0.6) is 11.5 Å². The van der Waals surface area contributed by atoms with Gasteiger partial charge in [-0.1, -0.05) is 94.1 Å². The number of ketones is 1. The van der Waals surface area contributed by atoms with Gasteiger partial charge >= 0.3 is 0 Å². The fraction of sp³-hybridized carbons (Fsp3) is 0.490. The van der Waals surface area contributed by atoms with E-state index in [1.54, 1.807) is 0 Å². The highest BCUT2D eigenvalue weighted by Gasteiger charge is 2.49. The number of aryl methyl sites for hydroxylation is 1. The van der Waals surface area contributed by atoms with E-state index in [1.807, 2.05) is 48.8 Å². The maximum atomic E-state index is 14.0. The molecular weight excluding hydrogens is 749 g/mol. The molecule has 2 aliphatic carbocycles. The summed E-state index contributed by atoms with van der Waals surface area (Å²) in [6, 6.07) is 9.83. The Hall–Kier alpha value is -5.06. The Balaban J connectivity index is 1.05. The Morgan fingerprint density at radius 3 is 2.77 bits per heavy atom. The molecule has 0 saturated heterocycles. The van der Waals surface area contributed by atoms with Crippen molar-refractivity contribution in [1.29, 1.82) is 0 Å². The third-order valence-corrected chi connectivity index (χ3v) is 14.1. The Kier molecular flexibility index (Phi) is 11.5. The number of fused-ring (bicyclic) bond motifs is 8. The standard InChI is InChI=1S/C51H58N4O5/c1-3-4-5-8-39(48(58)34-13-9-32(2)10-14-34)45(57)18-11-33-12-20-46-47(27-33)60-50-42(51(24-26-59-46)22-6-7-23-51)17-19-44(56)37-15-16-38-36(21-25-53-49(38)52)40(37)28-35-29-54-43-31-55(50)30-41(35)43/h9,12-13,15-16,20-21,25,27,29-30,32,34,39,42,44,48-50,53,56,58H,3-8,10-11,14,18,22-23,28,31,52H2,1-2H3. The van der Waals surface area contributed by atoms with Crippen LogP contribution in [-0.4, -0.2) is 45.5 Å². The van der Waals surface area contributed by atoms with Crippen molar-refractivity contribution in [2.24, 2.45) is 39.8 Å². The second-order valence-electron chi connectivity index (χ2n) is 18.0. The minimum atomic E-state index is -1.05. The SMILES string of the molecule is CCCCCC(C(=O)CCc1ccc2c(c1)OC1C(C#CC(O)c3ccc4c(c3CC3=CN=C5CN1C=C35)C=CNC4N)C1(C#CO2)CCCC1)C(O)C1C=CC(C)CC1. The summed E-state index contributed by atoms with van der Waals surface area (Å²) >= 11 is 0. The highest BCUT2D eigenvalue weighted by Crippen LogP contribution is 2.49. The molecule has 1 saturated carbocycles. The molecule has 5 heterocycles. The van der Waals surface area contributed by atoms with Crippen LogP contribution in [0.4, 0.5) is 0 Å². The number of aliphatic hydroxyl groups excluding tert-OH is 2. The number of carbonyl (C=O) groups is 1. The van der Waals surface area contributed by atoms with Gasteiger partial charge in [0.1, 0.15) is 24.2 Å². The zero-order valence-corrected chi connectivity index (χ0v) is 35.0. The zero-order valence-electron chi connectivity index (χ0n) is 35.0. The van der Waals surface area contributed by atoms with Gasteiger partial charge in [0.25, 0.3) is 0 Å². The van der Waals surface area contributed by atoms with E-state index in [2.05, 4.69) is 66.3 Å². The van der Waals surface area contributed by atoms with Gasteiger partial charge in [0.15, 0.2) is 17.7 Å². The minimum Gasteiger partial charge on any atom is -0.465 e. The van der Waals surface area contributed by atoms with Crippen molar-refractivity contribution in [2.75, 3.05) is 6.54 Å². The molecule has 9 nitrogen and oxygen atoms in total. The molecule has 8 unspecified atom stereocenters. The lowest BCUT2D eigenvalue weighted by Crippen LogP contribution is -2.47. The van der Waals surface area contributed by atoms with Crippen LogP contribution >= 0.6 is 0 Å². The van der Waals surface area contributed by atoms with E-state index in [4.69, 9.17) is 20.2 Å². The number of carbonyl (C=O) groups excluding carboxylic acids is 1. The summed E-state index contributed by atoms with van der Waals surface area (Å²) in [6.07, 6.45) is 23.6. The summed E-state index contributed by atoms with van der Waals surface area (Å²) < 4.78 is 13.4. The first kappa shape index (κ1) is 40.4. The number of hydrogen-bond acceptors (Lipinski definition) is 9. The van der Waals surface area contributed by atoms with Crippen LogP contribution in [-0.2, 0) is 17.6 Å². The number of allylic oxidation sites excluding steroid dienone is 2. The quantitative estimate of drug-likeness (QED) is 0.108. The van der Waals surface area contributed by atoms with Crippen molar-refractivity contribution in [3.63, 3.8) is 0 Å². The fourth-order valence-electron chi connectivity index (χ4n) is 10.5. The topological polar surface area (TPSA) is 130 Å². The molecule has 9 heteroatoms. The normalized spacial score (nSPS) is 27.6. The van der Waals surface area contributed by atoms with E-state index in [9.17, 15) is 15.0 Å². The molecule has 8 atom stereocenters. The summed E-state index contributed by atoms with van der Waals surface area (Å²) in [4.78, 5) is 21.2. The first-order valence-corrected chi connectivity index (χ1v) is 22.4.